The normalized spacial score (nSPS) is 15.4. The molecule has 11 nitrogen and oxygen atoms in total. The number of hydrogen-bond acceptors (Lipinski definition) is 7. The number of nitro benzene ring substituents is 1. The van der Waals surface area contributed by atoms with Crippen LogP contribution in [0.4, 0.5) is 5.69 Å². The number of amides is 1. The van der Waals surface area contributed by atoms with E-state index in [1.165, 1.54) is 35.2 Å². The van der Waals surface area contributed by atoms with Gasteiger partial charge >= 0.3 is 0 Å². The van der Waals surface area contributed by atoms with Crippen molar-refractivity contribution in [1.82, 2.24) is 13.9 Å². The summed E-state index contributed by atoms with van der Waals surface area (Å²) in [5, 5.41) is 11.2. The predicted molar refractivity (Wildman–Crippen MR) is 120 cm³/mol. The smallest absolute Gasteiger partial charge is 0.289 e. The van der Waals surface area contributed by atoms with Crippen LogP contribution in [0.5, 0.6) is 0 Å². The fourth-order valence-corrected chi connectivity index (χ4v) is 6.19. The molecule has 1 fully saturated rings. The highest BCUT2D eigenvalue weighted by Crippen LogP contribution is 2.27. The van der Waals surface area contributed by atoms with E-state index in [2.05, 4.69) is 4.72 Å². The first-order chi connectivity index (χ1) is 15.5. The Hall–Kier alpha value is -2.87. The van der Waals surface area contributed by atoms with E-state index in [1.54, 1.807) is 19.9 Å². The Morgan fingerprint density at radius 3 is 2.30 bits per heavy atom. The first-order valence-electron chi connectivity index (χ1n) is 10.1. The summed E-state index contributed by atoms with van der Waals surface area (Å²) < 4.78 is 54.0. The lowest BCUT2D eigenvalue weighted by molar-refractivity contribution is -0.387. The van der Waals surface area contributed by atoms with Crippen molar-refractivity contribution in [2.24, 2.45) is 0 Å². The molecule has 0 spiro atoms. The van der Waals surface area contributed by atoms with Crippen LogP contribution in [0.1, 0.15) is 22.8 Å². The molecule has 13 heteroatoms. The molecule has 0 radical (unpaired) electrons. The van der Waals surface area contributed by atoms with Gasteiger partial charge < -0.3 is 4.90 Å². The summed E-state index contributed by atoms with van der Waals surface area (Å²) in [4.78, 5) is 24.6. The predicted octanol–water partition coefficient (Wildman–Crippen LogP) is 1.35. The zero-order chi connectivity index (χ0) is 24.4. The molecule has 3 rings (SSSR count). The summed E-state index contributed by atoms with van der Waals surface area (Å²) in [6, 6.07) is 9.39. The number of sulfonamides is 2. The van der Waals surface area contributed by atoms with Crippen molar-refractivity contribution in [1.29, 1.82) is 0 Å². The molecule has 0 unspecified atom stereocenters. The van der Waals surface area contributed by atoms with Gasteiger partial charge in [0.05, 0.1) is 9.82 Å². The van der Waals surface area contributed by atoms with Crippen LogP contribution >= 0.6 is 0 Å². The summed E-state index contributed by atoms with van der Waals surface area (Å²) in [6.45, 7) is 3.56. The number of nitrogens with zero attached hydrogens (tertiary/aromatic N) is 3. The van der Waals surface area contributed by atoms with Gasteiger partial charge in [0.1, 0.15) is 0 Å². The second kappa shape index (κ2) is 9.55. The van der Waals surface area contributed by atoms with E-state index in [-0.39, 0.29) is 43.2 Å². The van der Waals surface area contributed by atoms with Crippen LogP contribution in [0.2, 0.25) is 0 Å². The fourth-order valence-electron chi connectivity index (χ4n) is 3.54. The van der Waals surface area contributed by atoms with Crippen molar-refractivity contribution >= 4 is 31.6 Å². The van der Waals surface area contributed by atoms with Crippen LogP contribution in [0.3, 0.4) is 0 Å². The van der Waals surface area contributed by atoms with Crippen LogP contribution in [-0.2, 0) is 20.0 Å². The van der Waals surface area contributed by atoms with Gasteiger partial charge in [0.15, 0.2) is 4.90 Å². The largest absolute Gasteiger partial charge is 0.336 e. The highest BCUT2D eigenvalue weighted by Gasteiger charge is 2.35. The highest BCUT2D eigenvalue weighted by atomic mass is 32.2. The third kappa shape index (κ3) is 5.05. The molecule has 1 aliphatic heterocycles. The molecule has 0 aromatic heterocycles. The summed E-state index contributed by atoms with van der Waals surface area (Å²) in [5.41, 5.74) is 0.291. The molecule has 178 valence electrons. The second-order valence-corrected chi connectivity index (χ2v) is 11.1. The van der Waals surface area contributed by atoms with Gasteiger partial charge in [0.25, 0.3) is 11.6 Å². The van der Waals surface area contributed by atoms with Crippen LogP contribution < -0.4 is 4.72 Å². The Kier molecular flexibility index (Phi) is 7.17. The number of carbonyl (C=O) groups is 1. The zero-order valence-electron chi connectivity index (χ0n) is 18.1. The third-order valence-corrected chi connectivity index (χ3v) is 8.78. The molecule has 1 heterocycles. The second-order valence-electron chi connectivity index (χ2n) is 7.40. The number of hydrogen-bond donors (Lipinski definition) is 1. The van der Waals surface area contributed by atoms with Crippen LogP contribution in [0.25, 0.3) is 0 Å². The lowest BCUT2D eigenvalue weighted by atomic mass is 10.1. The summed E-state index contributed by atoms with van der Waals surface area (Å²) in [6.07, 6.45) is 0. The van der Waals surface area contributed by atoms with E-state index in [0.29, 0.717) is 5.56 Å². The number of nitrogens with one attached hydrogen (secondary N) is 1. The number of benzene rings is 2. The molecule has 0 atom stereocenters. The summed E-state index contributed by atoms with van der Waals surface area (Å²) >= 11 is 0. The van der Waals surface area contributed by atoms with Gasteiger partial charge in [-0.3, -0.25) is 14.9 Å². The number of aryl methyl sites for hydroxylation is 1. The monoisotopic (exact) mass is 496 g/mol. The van der Waals surface area contributed by atoms with Gasteiger partial charge in [-0.2, -0.15) is 4.31 Å². The Morgan fingerprint density at radius 1 is 1.06 bits per heavy atom. The van der Waals surface area contributed by atoms with E-state index in [4.69, 9.17) is 0 Å². The molecule has 0 aliphatic carbocycles. The van der Waals surface area contributed by atoms with Crippen LogP contribution in [0, 0.1) is 17.0 Å². The molecule has 2 aromatic rings. The van der Waals surface area contributed by atoms with Crippen molar-refractivity contribution in [2.75, 3.05) is 32.7 Å². The Labute approximate surface area is 192 Å². The van der Waals surface area contributed by atoms with Crippen LogP contribution in [0.15, 0.2) is 52.3 Å². The quantitative estimate of drug-likeness (QED) is 0.449. The standard InChI is InChI=1S/C20H24N4O7S2/c1-3-21-32(28,29)16-9-8-15(2)17(14-16)20(25)22-10-12-23(13-11-22)33(30,31)19-7-5-4-6-18(19)24(26)27/h4-9,14,21H,3,10-13H2,1-2H3. The molecule has 1 aliphatic rings. The Bertz CT molecular complexity index is 1290. The minimum atomic E-state index is -4.13. The topological polar surface area (TPSA) is 147 Å². The molecular formula is C20H24N4O7S2. The van der Waals surface area contributed by atoms with Crippen molar-refractivity contribution in [2.45, 2.75) is 23.6 Å². The average Bonchev–Trinajstić information content (AvgIpc) is 2.78. The average molecular weight is 497 g/mol. The van der Waals surface area contributed by atoms with Crippen molar-refractivity contribution in [3.8, 4) is 0 Å². The molecule has 2 aromatic carbocycles. The minimum absolute atomic E-state index is 0.0316. The van der Waals surface area contributed by atoms with Crippen LogP contribution in [-0.4, -0.2) is 69.6 Å². The molecule has 33 heavy (non-hydrogen) atoms. The zero-order valence-corrected chi connectivity index (χ0v) is 19.7. The van der Waals surface area contributed by atoms with E-state index >= 15 is 0 Å². The molecular weight excluding hydrogens is 472 g/mol. The number of nitro groups is 1. The number of para-hydroxylation sites is 1. The van der Waals surface area contributed by atoms with Crippen molar-refractivity contribution in [3.63, 3.8) is 0 Å². The fraction of sp³-hybridized carbons (Fsp3) is 0.350. The molecule has 1 amide bonds. The van der Waals surface area contributed by atoms with Gasteiger partial charge in [-0.1, -0.05) is 25.1 Å². The maximum absolute atomic E-state index is 13.1. The first-order valence-corrected chi connectivity index (χ1v) is 13.0. The molecule has 0 bridgehead atoms. The molecule has 0 saturated carbocycles. The summed E-state index contributed by atoms with van der Waals surface area (Å²) in [7, 11) is -7.87. The lowest BCUT2D eigenvalue weighted by Gasteiger charge is -2.34. The number of carbonyl (C=O) groups excluding carboxylic acids is 1. The van der Waals surface area contributed by atoms with Crippen molar-refractivity contribution in [3.05, 3.63) is 63.7 Å². The van der Waals surface area contributed by atoms with E-state index in [9.17, 15) is 31.7 Å². The minimum Gasteiger partial charge on any atom is -0.336 e. The maximum Gasteiger partial charge on any atom is 0.289 e. The lowest BCUT2D eigenvalue weighted by Crippen LogP contribution is -2.50. The highest BCUT2D eigenvalue weighted by molar-refractivity contribution is 7.89. The molecule has 1 N–H and O–H groups in total. The first kappa shape index (κ1) is 24.8. The number of piperazine rings is 1. The number of rotatable bonds is 7. The van der Waals surface area contributed by atoms with Gasteiger partial charge in [-0.05, 0) is 30.7 Å². The van der Waals surface area contributed by atoms with Gasteiger partial charge in [0, 0.05) is 44.4 Å². The van der Waals surface area contributed by atoms with Crippen molar-refractivity contribution < 1.29 is 26.6 Å². The Morgan fingerprint density at radius 2 is 1.70 bits per heavy atom. The third-order valence-electron chi connectivity index (χ3n) is 5.29. The molecule has 1 saturated heterocycles. The van der Waals surface area contributed by atoms with Gasteiger partial charge in [-0.25, -0.2) is 21.6 Å². The van der Waals surface area contributed by atoms with Gasteiger partial charge in [0.2, 0.25) is 20.0 Å². The van der Waals surface area contributed by atoms with E-state index in [1.807, 2.05) is 0 Å². The van der Waals surface area contributed by atoms with E-state index < -0.39 is 41.5 Å². The van der Waals surface area contributed by atoms with Gasteiger partial charge in [-0.15, -0.1) is 0 Å². The Balaban J connectivity index is 1.79. The maximum atomic E-state index is 13.1. The van der Waals surface area contributed by atoms with E-state index in [0.717, 1.165) is 10.4 Å². The SMILES string of the molecule is CCNS(=O)(=O)c1ccc(C)c(C(=O)N2CCN(S(=O)(=O)c3ccccc3[N+](=O)[O-])CC2)c1. The summed E-state index contributed by atoms with van der Waals surface area (Å²) in [5.74, 6) is -0.413.